The predicted octanol–water partition coefficient (Wildman–Crippen LogP) is 4.84. The van der Waals surface area contributed by atoms with Crippen molar-refractivity contribution in [3.63, 3.8) is 0 Å². The Morgan fingerprint density at radius 3 is 1.97 bits per heavy atom. The monoisotopic (exact) mass is 446 g/mol. The molecule has 0 aliphatic heterocycles. The molecule has 1 aliphatic rings. The Labute approximate surface area is 179 Å². The molecule has 1 rings (SSSR count). The van der Waals surface area contributed by atoms with E-state index < -0.39 is 24.9 Å². The molecule has 4 unspecified atom stereocenters. The third-order valence-electron chi connectivity index (χ3n) is 5.44. The van der Waals surface area contributed by atoms with Gasteiger partial charge in [-0.1, -0.05) is 25.2 Å². The Balaban J connectivity index is 3.73. The highest BCUT2D eigenvalue weighted by Gasteiger charge is 2.57. The zero-order valence-electron chi connectivity index (χ0n) is 19.2. The Hall–Kier alpha value is -1.73. The van der Waals surface area contributed by atoms with Crippen LogP contribution in [0.15, 0.2) is 47.8 Å². The van der Waals surface area contributed by atoms with Gasteiger partial charge >= 0.3 is 7.82 Å². The van der Waals surface area contributed by atoms with E-state index in [1.165, 1.54) is 28.4 Å². The smallest absolute Gasteiger partial charge is 0.496 e. The fraction of sp³-hybridized carbons (Fsp3) is 0.619. The number of methoxy groups -OCH3 is 4. The zero-order valence-corrected chi connectivity index (χ0v) is 20.1. The van der Waals surface area contributed by atoms with Crippen molar-refractivity contribution in [2.24, 2.45) is 5.41 Å². The molecule has 0 spiro atoms. The Morgan fingerprint density at radius 2 is 1.60 bits per heavy atom. The second kappa shape index (κ2) is 10.1. The van der Waals surface area contributed by atoms with Crippen LogP contribution < -0.4 is 0 Å². The lowest BCUT2D eigenvalue weighted by molar-refractivity contribution is -0.0437. The van der Waals surface area contributed by atoms with Gasteiger partial charge in [0, 0.05) is 7.11 Å². The average Bonchev–Trinajstić information content (AvgIpc) is 2.69. The van der Waals surface area contributed by atoms with E-state index in [4.69, 9.17) is 28.0 Å². The highest BCUT2D eigenvalue weighted by molar-refractivity contribution is 7.47. The summed E-state index contributed by atoms with van der Waals surface area (Å²) in [7, 11) is 1.24. The summed E-state index contributed by atoms with van der Waals surface area (Å²) in [6, 6.07) is 0. The van der Waals surface area contributed by atoms with E-state index in [1.54, 1.807) is 26.8 Å². The standard InChI is InChI=1S/C21H35O8P/c1-11-13-15(12-2)28-30(22,23)29-17-19(26-9)21(6,27-10)18(25-8)16(24-7)20(17,5)14(3)4/h11,15H,1,3,12-13H2,2,4-10H3,(H,22,23). The third-order valence-corrected chi connectivity index (χ3v) is 6.41. The summed E-state index contributed by atoms with van der Waals surface area (Å²) in [4.78, 5) is 10.6. The van der Waals surface area contributed by atoms with Crippen molar-refractivity contribution in [1.82, 2.24) is 0 Å². The molecular formula is C21H35O8P. The van der Waals surface area contributed by atoms with Gasteiger partial charge in [-0.05, 0) is 33.6 Å². The Bertz CT molecular complexity index is 771. The molecule has 0 aromatic carbocycles. The number of rotatable bonds is 12. The summed E-state index contributed by atoms with van der Waals surface area (Å²) in [5.41, 5.74) is -1.91. The van der Waals surface area contributed by atoms with Crippen LogP contribution in [-0.2, 0) is 32.6 Å². The Morgan fingerprint density at radius 1 is 1.10 bits per heavy atom. The van der Waals surface area contributed by atoms with Crippen molar-refractivity contribution in [2.45, 2.75) is 52.2 Å². The number of phosphoric acid groups is 1. The van der Waals surface area contributed by atoms with Crippen molar-refractivity contribution in [3.8, 4) is 0 Å². The lowest BCUT2D eigenvalue weighted by Crippen LogP contribution is -2.45. The molecule has 172 valence electrons. The summed E-state index contributed by atoms with van der Waals surface area (Å²) in [6.07, 6.45) is 1.97. The van der Waals surface area contributed by atoms with Gasteiger partial charge in [0.05, 0.1) is 27.4 Å². The average molecular weight is 446 g/mol. The van der Waals surface area contributed by atoms with Gasteiger partial charge in [0.15, 0.2) is 28.6 Å². The molecule has 0 saturated carbocycles. The molecule has 0 saturated heterocycles. The minimum absolute atomic E-state index is 0.00112. The van der Waals surface area contributed by atoms with Crippen LogP contribution in [0.3, 0.4) is 0 Å². The zero-order chi connectivity index (χ0) is 23.3. The molecule has 8 nitrogen and oxygen atoms in total. The van der Waals surface area contributed by atoms with E-state index in [9.17, 15) is 9.46 Å². The highest BCUT2D eigenvalue weighted by atomic mass is 31.2. The number of hydrogen-bond donors (Lipinski definition) is 1. The highest BCUT2D eigenvalue weighted by Crippen LogP contribution is 2.59. The van der Waals surface area contributed by atoms with Crippen LogP contribution in [-0.4, -0.2) is 45.0 Å². The molecule has 0 aromatic rings. The van der Waals surface area contributed by atoms with Crippen LogP contribution in [0.4, 0.5) is 0 Å². The number of ether oxygens (including phenoxy) is 4. The first kappa shape index (κ1) is 26.3. The van der Waals surface area contributed by atoms with E-state index in [2.05, 4.69) is 13.2 Å². The molecule has 1 aliphatic carbocycles. The summed E-state index contributed by atoms with van der Waals surface area (Å²) in [5, 5.41) is 0. The van der Waals surface area contributed by atoms with Gasteiger partial charge in [-0.3, -0.25) is 9.42 Å². The molecule has 0 radical (unpaired) electrons. The number of phosphoric ester groups is 1. The quantitative estimate of drug-likeness (QED) is 0.336. The van der Waals surface area contributed by atoms with Crippen LogP contribution in [0.1, 0.15) is 40.5 Å². The fourth-order valence-corrected chi connectivity index (χ4v) is 4.62. The predicted molar refractivity (Wildman–Crippen MR) is 114 cm³/mol. The van der Waals surface area contributed by atoms with Gasteiger partial charge in [-0.25, -0.2) is 4.57 Å². The summed E-state index contributed by atoms with van der Waals surface area (Å²) >= 11 is 0. The molecule has 0 amide bonds. The minimum atomic E-state index is -4.57. The first-order chi connectivity index (χ1) is 13.9. The molecule has 0 bridgehead atoms. The maximum absolute atomic E-state index is 13.0. The van der Waals surface area contributed by atoms with Crippen LogP contribution >= 0.6 is 7.82 Å². The lowest BCUT2D eigenvalue weighted by atomic mass is 9.72. The van der Waals surface area contributed by atoms with Gasteiger partial charge in [-0.2, -0.15) is 0 Å². The lowest BCUT2D eigenvalue weighted by Gasteiger charge is -2.45. The van der Waals surface area contributed by atoms with Crippen LogP contribution in [0.25, 0.3) is 0 Å². The normalized spacial score (nSPS) is 27.2. The van der Waals surface area contributed by atoms with E-state index in [0.29, 0.717) is 29.9 Å². The van der Waals surface area contributed by atoms with Gasteiger partial charge in [0.2, 0.25) is 0 Å². The second-order valence-electron chi connectivity index (χ2n) is 7.29. The maximum Gasteiger partial charge on any atom is 0.527 e. The first-order valence-corrected chi connectivity index (χ1v) is 11.1. The van der Waals surface area contributed by atoms with Crippen molar-refractivity contribution >= 4 is 7.82 Å². The van der Waals surface area contributed by atoms with E-state index >= 15 is 0 Å². The largest absolute Gasteiger partial charge is 0.527 e. The second-order valence-corrected chi connectivity index (χ2v) is 8.62. The SMILES string of the molecule is C=CCC(CC)OP(=O)(O)OC1=C(OC)C(C)(OC)C(OC)=C(OC)C1(C)C(=C)C. The van der Waals surface area contributed by atoms with Gasteiger partial charge in [0.1, 0.15) is 5.41 Å². The van der Waals surface area contributed by atoms with E-state index in [0.717, 1.165) is 0 Å². The molecule has 0 aromatic heterocycles. The molecule has 30 heavy (non-hydrogen) atoms. The molecule has 0 heterocycles. The van der Waals surface area contributed by atoms with Crippen molar-refractivity contribution in [3.05, 3.63) is 47.8 Å². The van der Waals surface area contributed by atoms with Gasteiger partial charge < -0.3 is 23.5 Å². The molecule has 4 atom stereocenters. The minimum Gasteiger partial charge on any atom is -0.496 e. The Kier molecular flexibility index (Phi) is 8.81. The topological polar surface area (TPSA) is 92.7 Å². The van der Waals surface area contributed by atoms with Crippen molar-refractivity contribution in [2.75, 3.05) is 28.4 Å². The summed E-state index contributed by atoms with van der Waals surface area (Å²) in [5.74, 6) is 0.784. The third kappa shape index (κ3) is 4.62. The molecular weight excluding hydrogens is 411 g/mol. The molecule has 9 heteroatoms. The van der Waals surface area contributed by atoms with E-state index in [1.807, 2.05) is 6.92 Å². The maximum atomic E-state index is 13.0. The number of hydrogen-bond acceptors (Lipinski definition) is 7. The fourth-order valence-electron chi connectivity index (χ4n) is 3.47. The van der Waals surface area contributed by atoms with Gasteiger partial charge in [-0.15, -0.1) is 6.58 Å². The van der Waals surface area contributed by atoms with E-state index in [-0.39, 0.29) is 11.5 Å². The van der Waals surface area contributed by atoms with Crippen LogP contribution in [0.2, 0.25) is 0 Å². The first-order valence-electron chi connectivity index (χ1n) is 9.58. The van der Waals surface area contributed by atoms with Crippen molar-refractivity contribution in [1.29, 1.82) is 0 Å². The summed E-state index contributed by atoms with van der Waals surface area (Å²) < 4.78 is 46.6. The van der Waals surface area contributed by atoms with Crippen LogP contribution in [0, 0.1) is 5.41 Å². The van der Waals surface area contributed by atoms with Gasteiger partial charge in [0.25, 0.3) is 0 Å². The molecule has 1 N–H and O–H groups in total. The van der Waals surface area contributed by atoms with Crippen molar-refractivity contribution < 1.29 is 37.5 Å². The summed E-state index contributed by atoms with van der Waals surface area (Å²) in [6.45, 7) is 14.7. The van der Waals surface area contributed by atoms with Crippen LogP contribution in [0.5, 0.6) is 0 Å². The molecule has 0 fully saturated rings.